The number of amides is 1. The van der Waals surface area contributed by atoms with Crippen LogP contribution in [-0.4, -0.2) is 30.4 Å². The number of benzene rings is 2. The highest BCUT2D eigenvalue weighted by Crippen LogP contribution is 2.19. The number of ether oxygens (including phenoxy) is 2. The van der Waals surface area contributed by atoms with Crippen molar-refractivity contribution in [2.45, 2.75) is 40.7 Å². The number of Topliss-reactive ketones (excluding diaryl/α,β-unsaturated/α-hetero) is 1. The maximum atomic E-state index is 12.5. The van der Waals surface area contributed by atoms with Gasteiger partial charge in [0, 0.05) is 17.2 Å². The zero-order valence-corrected chi connectivity index (χ0v) is 17.4. The molecule has 2 aromatic carbocycles. The van der Waals surface area contributed by atoms with Gasteiger partial charge in [-0.2, -0.15) is 0 Å². The van der Waals surface area contributed by atoms with Crippen molar-refractivity contribution in [2.24, 2.45) is 5.92 Å². The van der Waals surface area contributed by atoms with E-state index in [0.717, 1.165) is 11.1 Å². The average Bonchev–Trinajstić information content (AvgIpc) is 2.67. The third-order valence-corrected chi connectivity index (χ3v) is 4.31. The zero-order valence-electron chi connectivity index (χ0n) is 17.4. The Kier molecular flexibility index (Phi) is 7.53. The van der Waals surface area contributed by atoms with Crippen LogP contribution >= 0.6 is 0 Å². The molecule has 6 nitrogen and oxygen atoms in total. The van der Waals surface area contributed by atoms with Gasteiger partial charge in [0.2, 0.25) is 11.7 Å². The normalized spacial score (nSPS) is 11.7. The Morgan fingerprint density at radius 1 is 0.966 bits per heavy atom. The fraction of sp³-hybridized carbons (Fsp3) is 0.348. The molecule has 2 rings (SSSR count). The van der Waals surface area contributed by atoms with Crippen molar-refractivity contribution in [1.82, 2.24) is 0 Å². The number of hydrogen-bond donors (Lipinski definition) is 1. The molecule has 0 spiro atoms. The summed E-state index contributed by atoms with van der Waals surface area (Å²) in [6.45, 7) is 8.71. The zero-order chi connectivity index (χ0) is 21.6. The summed E-state index contributed by atoms with van der Waals surface area (Å²) in [4.78, 5) is 36.2. The SMILES string of the molecule is Cc1ccc(OCC(=O)O[C@@H](C)C(=O)c2ccc(NC(=O)C(C)C)cc2)c(C)c1. The summed E-state index contributed by atoms with van der Waals surface area (Å²) in [5, 5.41) is 2.76. The monoisotopic (exact) mass is 397 g/mol. The van der Waals surface area contributed by atoms with Crippen molar-refractivity contribution in [3.63, 3.8) is 0 Å². The molecule has 0 saturated carbocycles. The van der Waals surface area contributed by atoms with Gasteiger partial charge in [-0.1, -0.05) is 31.5 Å². The molecule has 0 aliphatic heterocycles. The standard InChI is InChI=1S/C23H27NO5/c1-14(2)23(27)24-19-9-7-18(8-10-19)22(26)17(5)29-21(25)13-28-20-11-6-15(3)12-16(20)4/h6-12,14,17H,13H2,1-5H3,(H,24,27)/t17-/m0/s1. The number of nitrogens with one attached hydrogen (secondary N) is 1. The number of rotatable bonds is 8. The Bertz CT molecular complexity index is 887. The highest BCUT2D eigenvalue weighted by Gasteiger charge is 2.20. The van der Waals surface area contributed by atoms with E-state index in [1.54, 1.807) is 44.2 Å². The van der Waals surface area contributed by atoms with E-state index in [4.69, 9.17) is 9.47 Å². The molecule has 0 bridgehead atoms. The van der Waals surface area contributed by atoms with E-state index in [9.17, 15) is 14.4 Å². The predicted octanol–water partition coefficient (Wildman–Crippen LogP) is 4.09. The summed E-state index contributed by atoms with van der Waals surface area (Å²) in [5.41, 5.74) is 3.02. The summed E-state index contributed by atoms with van der Waals surface area (Å²) in [5.74, 6) is -0.583. The van der Waals surface area contributed by atoms with Gasteiger partial charge in [0.15, 0.2) is 12.7 Å². The first-order valence-electron chi connectivity index (χ1n) is 9.52. The van der Waals surface area contributed by atoms with Gasteiger partial charge in [0.25, 0.3) is 0 Å². The highest BCUT2D eigenvalue weighted by molar-refractivity contribution is 6.01. The van der Waals surface area contributed by atoms with Gasteiger partial charge in [0.05, 0.1) is 0 Å². The van der Waals surface area contributed by atoms with Crippen LogP contribution in [0, 0.1) is 19.8 Å². The van der Waals surface area contributed by atoms with Crippen LogP contribution in [-0.2, 0) is 14.3 Å². The van der Waals surface area contributed by atoms with Crippen LogP contribution in [0.1, 0.15) is 42.3 Å². The molecule has 0 aliphatic rings. The van der Waals surface area contributed by atoms with Gasteiger partial charge in [-0.05, 0) is 56.7 Å². The molecule has 0 aromatic heterocycles. The van der Waals surface area contributed by atoms with Crippen molar-refractivity contribution in [3.05, 3.63) is 59.2 Å². The van der Waals surface area contributed by atoms with Gasteiger partial charge in [-0.15, -0.1) is 0 Å². The molecule has 2 aromatic rings. The second-order valence-electron chi connectivity index (χ2n) is 7.28. The Morgan fingerprint density at radius 3 is 2.21 bits per heavy atom. The maximum absolute atomic E-state index is 12.5. The summed E-state index contributed by atoms with van der Waals surface area (Å²) in [6, 6.07) is 12.1. The minimum absolute atomic E-state index is 0.102. The predicted molar refractivity (Wildman–Crippen MR) is 111 cm³/mol. The van der Waals surface area contributed by atoms with Crippen LogP contribution < -0.4 is 10.1 Å². The molecule has 0 saturated heterocycles. The van der Waals surface area contributed by atoms with Crippen LogP contribution in [0.15, 0.2) is 42.5 Å². The lowest BCUT2D eigenvalue weighted by Gasteiger charge is -2.14. The second-order valence-corrected chi connectivity index (χ2v) is 7.28. The summed E-state index contributed by atoms with van der Waals surface area (Å²) >= 11 is 0. The maximum Gasteiger partial charge on any atom is 0.344 e. The first kappa shape index (κ1) is 22.1. The molecule has 0 radical (unpaired) electrons. The summed E-state index contributed by atoms with van der Waals surface area (Å²) < 4.78 is 10.7. The molecule has 0 fully saturated rings. The smallest absolute Gasteiger partial charge is 0.344 e. The minimum Gasteiger partial charge on any atom is -0.482 e. The van der Waals surface area contributed by atoms with E-state index < -0.39 is 12.1 Å². The lowest BCUT2D eigenvalue weighted by atomic mass is 10.1. The molecular formula is C23H27NO5. The van der Waals surface area contributed by atoms with Crippen LogP contribution in [0.4, 0.5) is 5.69 Å². The van der Waals surface area contributed by atoms with Gasteiger partial charge in [-0.25, -0.2) is 4.79 Å². The van der Waals surface area contributed by atoms with E-state index in [1.165, 1.54) is 6.92 Å². The summed E-state index contributed by atoms with van der Waals surface area (Å²) in [6.07, 6.45) is -0.943. The lowest BCUT2D eigenvalue weighted by Crippen LogP contribution is -2.27. The molecule has 0 heterocycles. The molecular weight excluding hydrogens is 370 g/mol. The second kappa shape index (κ2) is 9.87. The number of anilines is 1. The van der Waals surface area contributed by atoms with E-state index in [0.29, 0.717) is 17.0 Å². The van der Waals surface area contributed by atoms with Gasteiger partial charge in [-0.3, -0.25) is 9.59 Å². The first-order chi connectivity index (χ1) is 13.7. The molecule has 1 atom stereocenters. The van der Waals surface area contributed by atoms with Crippen molar-refractivity contribution >= 4 is 23.3 Å². The van der Waals surface area contributed by atoms with Crippen LogP contribution in [0.3, 0.4) is 0 Å². The van der Waals surface area contributed by atoms with E-state index in [1.807, 2.05) is 26.0 Å². The third-order valence-electron chi connectivity index (χ3n) is 4.31. The molecule has 6 heteroatoms. The van der Waals surface area contributed by atoms with Gasteiger partial charge in [0.1, 0.15) is 5.75 Å². The molecule has 1 N–H and O–H groups in total. The number of carbonyl (C=O) groups excluding carboxylic acids is 3. The molecule has 0 unspecified atom stereocenters. The van der Waals surface area contributed by atoms with Crippen LogP contribution in [0.5, 0.6) is 5.75 Å². The highest BCUT2D eigenvalue weighted by atomic mass is 16.6. The van der Waals surface area contributed by atoms with Crippen molar-refractivity contribution in [3.8, 4) is 5.75 Å². The summed E-state index contributed by atoms with van der Waals surface area (Å²) in [7, 11) is 0. The quantitative estimate of drug-likeness (QED) is 0.536. The molecule has 29 heavy (non-hydrogen) atoms. The van der Waals surface area contributed by atoms with E-state index in [2.05, 4.69) is 5.32 Å². The number of ketones is 1. The Morgan fingerprint density at radius 2 is 1.62 bits per heavy atom. The van der Waals surface area contributed by atoms with E-state index in [-0.39, 0.29) is 24.2 Å². The number of carbonyl (C=O) groups is 3. The average molecular weight is 397 g/mol. The molecule has 1 amide bonds. The van der Waals surface area contributed by atoms with Gasteiger partial charge >= 0.3 is 5.97 Å². The fourth-order valence-electron chi connectivity index (χ4n) is 2.62. The number of hydrogen-bond acceptors (Lipinski definition) is 5. The minimum atomic E-state index is -0.943. The van der Waals surface area contributed by atoms with Crippen molar-refractivity contribution < 1.29 is 23.9 Å². The number of aryl methyl sites for hydroxylation is 2. The third kappa shape index (κ3) is 6.45. The van der Waals surface area contributed by atoms with Crippen molar-refractivity contribution in [1.29, 1.82) is 0 Å². The lowest BCUT2D eigenvalue weighted by molar-refractivity contribution is -0.148. The van der Waals surface area contributed by atoms with Crippen LogP contribution in [0.2, 0.25) is 0 Å². The Hall–Kier alpha value is -3.15. The van der Waals surface area contributed by atoms with E-state index >= 15 is 0 Å². The van der Waals surface area contributed by atoms with Crippen LogP contribution in [0.25, 0.3) is 0 Å². The Labute approximate surface area is 171 Å². The number of esters is 1. The van der Waals surface area contributed by atoms with Crippen molar-refractivity contribution in [2.75, 3.05) is 11.9 Å². The topological polar surface area (TPSA) is 81.7 Å². The Balaban J connectivity index is 1.89. The van der Waals surface area contributed by atoms with Gasteiger partial charge < -0.3 is 14.8 Å². The largest absolute Gasteiger partial charge is 0.482 e. The molecule has 154 valence electrons. The fourth-order valence-corrected chi connectivity index (χ4v) is 2.62. The molecule has 0 aliphatic carbocycles. The first-order valence-corrected chi connectivity index (χ1v) is 9.52.